The zero-order chi connectivity index (χ0) is 11.4. The van der Waals surface area contributed by atoms with Gasteiger partial charge in [-0.05, 0) is 20.3 Å². The van der Waals surface area contributed by atoms with Gasteiger partial charge in [-0.1, -0.05) is 30.5 Å². The van der Waals surface area contributed by atoms with Gasteiger partial charge < -0.3 is 10.6 Å². The van der Waals surface area contributed by atoms with E-state index in [4.69, 9.17) is 18.0 Å². The predicted octanol–water partition coefficient (Wildman–Crippen LogP) is 2.19. The summed E-state index contributed by atoms with van der Waals surface area (Å²) in [7, 11) is 0. The van der Waals surface area contributed by atoms with Crippen LogP contribution in [0, 0.1) is 0 Å². The van der Waals surface area contributed by atoms with E-state index < -0.39 is 0 Å². The van der Waals surface area contributed by atoms with Crippen LogP contribution in [-0.2, 0) is 6.42 Å². The molecule has 0 atom stereocenters. The number of aryl methyl sites for hydroxylation is 1. The fourth-order valence-electron chi connectivity index (χ4n) is 1.40. The Morgan fingerprint density at radius 2 is 2.00 bits per heavy atom. The standard InChI is InChI=1S/C10H17N3S2/c1-4-7-8(9(11)14)15-10(12-7)13(5-2)6-3/h4-6H2,1-3H3,(H2,11,14). The summed E-state index contributed by atoms with van der Waals surface area (Å²) < 4.78 is 0. The zero-order valence-electron chi connectivity index (χ0n) is 9.41. The van der Waals surface area contributed by atoms with Crippen molar-refractivity contribution in [1.29, 1.82) is 0 Å². The van der Waals surface area contributed by atoms with Gasteiger partial charge in [0.05, 0.1) is 10.6 Å². The maximum Gasteiger partial charge on any atom is 0.186 e. The first-order valence-electron chi connectivity index (χ1n) is 5.18. The number of thiazole rings is 1. The van der Waals surface area contributed by atoms with E-state index >= 15 is 0 Å². The number of nitrogens with zero attached hydrogens (tertiary/aromatic N) is 2. The molecule has 0 spiro atoms. The first-order valence-corrected chi connectivity index (χ1v) is 6.40. The molecule has 1 aromatic heterocycles. The van der Waals surface area contributed by atoms with Crippen molar-refractivity contribution in [3.05, 3.63) is 10.6 Å². The lowest BCUT2D eigenvalue weighted by Gasteiger charge is -2.16. The maximum atomic E-state index is 5.67. The van der Waals surface area contributed by atoms with E-state index in [1.165, 1.54) is 0 Å². The highest BCUT2D eigenvalue weighted by Gasteiger charge is 2.14. The third-order valence-electron chi connectivity index (χ3n) is 2.28. The van der Waals surface area contributed by atoms with Crippen molar-refractivity contribution >= 4 is 33.7 Å². The molecular weight excluding hydrogens is 226 g/mol. The Bertz CT molecular complexity index is 342. The van der Waals surface area contributed by atoms with Crippen LogP contribution in [0.4, 0.5) is 5.13 Å². The molecule has 1 aromatic rings. The first-order chi connectivity index (χ1) is 7.13. The third-order valence-corrected chi connectivity index (χ3v) is 3.80. The van der Waals surface area contributed by atoms with Crippen molar-refractivity contribution in [2.75, 3.05) is 18.0 Å². The first kappa shape index (κ1) is 12.4. The van der Waals surface area contributed by atoms with E-state index in [2.05, 4.69) is 30.7 Å². The van der Waals surface area contributed by atoms with Crippen LogP contribution in [0.15, 0.2) is 0 Å². The largest absolute Gasteiger partial charge is 0.389 e. The van der Waals surface area contributed by atoms with Crippen molar-refractivity contribution < 1.29 is 0 Å². The van der Waals surface area contributed by atoms with Crippen LogP contribution < -0.4 is 10.6 Å². The average molecular weight is 243 g/mol. The molecule has 0 saturated carbocycles. The van der Waals surface area contributed by atoms with Crippen LogP contribution in [0.1, 0.15) is 31.3 Å². The zero-order valence-corrected chi connectivity index (χ0v) is 11.0. The van der Waals surface area contributed by atoms with Gasteiger partial charge >= 0.3 is 0 Å². The Morgan fingerprint density at radius 3 is 2.33 bits per heavy atom. The number of thiocarbonyl (C=S) groups is 1. The van der Waals surface area contributed by atoms with Gasteiger partial charge in [0.15, 0.2) is 5.13 Å². The van der Waals surface area contributed by atoms with Crippen molar-refractivity contribution in [3.8, 4) is 0 Å². The Labute approximate surface area is 100 Å². The lowest BCUT2D eigenvalue weighted by molar-refractivity contribution is 0.854. The van der Waals surface area contributed by atoms with E-state index in [-0.39, 0.29) is 0 Å². The van der Waals surface area contributed by atoms with Gasteiger partial charge in [-0.25, -0.2) is 4.98 Å². The van der Waals surface area contributed by atoms with Crippen molar-refractivity contribution in [2.24, 2.45) is 5.73 Å². The molecule has 0 radical (unpaired) electrons. The summed E-state index contributed by atoms with van der Waals surface area (Å²) in [5.41, 5.74) is 6.69. The number of aromatic nitrogens is 1. The molecule has 0 aromatic carbocycles. The fraction of sp³-hybridized carbons (Fsp3) is 0.600. The van der Waals surface area contributed by atoms with Gasteiger partial charge in [-0.15, -0.1) is 0 Å². The van der Waals surface area contributed by atoms with Gasteiger partial charge in [-0.3, -0.25) is 0 Å². The molecule has 0 bridgehead atoms. The molecule has 3 nitrogen and oxygen atoms in total. The van der Waals surface area contributed by atoms with Crippen molar-refractivity contribution in [3.63, 3.8) is 0 Å². The minimum absolute atomic E-state index is 0.461. The number of hydrogen-bond donors (Lipinski definition) is 1. The van der Waals surface area contributed by atoms with E-state index in [0.717, 1.165) is 35.2 Å². The molecule has 0 fully saturated rings. The highest BCUT2D eigenvalue weighted by molar-refractivity contribution is 7.81. The lowest BCUT2D eigenvalue weighted by Crippen LogP contribution is -2.21. The van der Waals surface area contributed by atoms with E-state index in [0.29, 0.717) is 4.99 Å². The summed E-state index contributed by atoms with van der Waals surface area (Å²) in [6, 6.07) is 0. The monoisotopic (exact) mass is 243 g/mol. The second-order valence-electron chi connectivity index (χ2n) is 3.16. The van der Waals surface area contributed by atoms with E-state index in [1.807, 2.05) is 0 Å². The van der Waals surface area contributed by atoms with Gasteiger partial charge in [0.2, 0.25) is 0 Å². The number of nitrogens with two attached hydrogens (primary N) is 1. The Hall–Kier alpha value is -0.680. The smallest absolute Gasteiger partial charge is 0.186 e. The Kier molecular flexibility index (Phi) is 4.47. The van der Waals surface area contributed by atoms with Gasteiger partial charge in [0, 0.05) is 13.1 Å². The number of anilines is 1. The minimum Gasteiger partial charge on any atom is -0.389 e. The molecule has 15 heavy (non-hydrogen) atoms. The predicted molar refractivity (Wildman–Crippen MR) is 70.9 cm³/mol. The minimum atomic E-state index is 0.461. The van der Waals surface area contributed by atoms with Crippen LogP contribution in [0.3, 0.4) is 0 Å². The summed E-state index contributed by atoms with van der Waals surface area (Å²) >= 11 is 6.62. The van der Waals surface area contributed by atoms with E-state index in [1.54, 1.807) is 11.3 Å². The highest BCUT2D eigenvalue weighted by atomic mass is 32.1. The molecular formula is C10H17N3S2. The molecule has 5 heteroatoms. The Balaban J connectivity index is 3.06. The summed E-state index contributed by atoms with van der Waals surface area (Å²) in [6.07, 6.45) is 0.879. The normalized spacial score (nSPS) is 10.3. The number of hydrogen-bond acceptors (Lipinski definition) is 4. The summed E-state index contributed by atoms with van der Waals surface area (Å²) in [4.78, 5) is 8.21. The lowest BCUT2D eigenvalue weighted by atomic mass is 10.3. The molecule has 84 valence electrons. The van der Waals surface area contributed by atoms with Gasteiger partial charge in [0.1, 0.15) is 4.99 Å². The van der Waals surface area contributed by atoms with Crippen LogP contribution in [-0.4, -0.2) is 23.1 Å². The highest BCUT2D eigenvalue weighted by Crippen LogP contribution is 2.26. The second-order valence-corrected chi connectivity index (χ2v) is 4.58. The van der Waals surface area contributed by atoms with E-state index in [9.17, 15) is 0 Å². The molecule has 0 unspecified atom stereocenters. The molecule has 0 aliphatic carbocycles. The second kappa shape index (κ2) is 5.42. The molecule has 1 rings (SSSR count). The van der Waals surface area contributed by atoms with Gasteiger partial charge in [-0.2, -0.15) is 0 Å². The summed E-state index contributed by atoms with van der Waals surface area (Å²) in [6.45, 7) is 8.24. The third kappa shape index (κ3) is 2.66. The molecule has 0 amide bonds. The van der Waals surface area contributed by atoms with Crippen molar-refractivity contribution in [2.45, 2.75) is 27.2 Å². The quantitative estimate of drug-likeness (QED) is 0.805. The van der Waals surface area contributed by atoms with Crippen LogP contribution >= 0.6 is 23.6 Å². The molecule has 0 saturated heterocycles. The molecule has 0 aliphatic rings. The molecule has 1 heterocycles. The topological polar surface area (TPSA) is 42.2 Å². The van der Waals surface area contributed by atoms with Crippen LogP contribution in [0.25, 0.3) is 0 Å². The SMILES string of the molecule is CCc1nc(N(CC)CC)sc1C(N)=S. The summed E-state index contributed by atoms with van der Waals surface area (Å²) in [5.74, 6) is 0. The summed E-state index contributed by atoms with van der Waals surface area (Å²) in [5, 5.41) is 1.03. The Morgan fingerprint density at radius 1 is 1.40 bits per heavy atom. The van der Waals surface area contributed by atoms with Crippen LogP contribution in [0.5, 0.6) is 0 Å². The average Bonchev–Trinajstić information content (AvgIpc) is 2.64. The molecule has 2 N–H and O–H groups in total. The van der Waals surface area contributed by atoms with Gasteiger partial charge in [0.25, 0.3) is 0 Å². The maximum absolute atomic E-state index is 5.67. The fourth-order valence-corrected chi connectivity index (χ4v) is 2.78. The number of rotatable bonds is 5. The van der Waals surface area contributed by atoms with Crippen molar-refractivity contribution in [1.82, 2.24) is 4.98 Å². The van der Waals surface area contributed by atoms with Crippen LogP contribution in [0.2, 0.25) is 0 Å². The molecule has 0 aliphatic heterocycles.